The van der Waals surface area contributed by atoms with Crippen LogP contribution in [0.4, 0.5) is 26.5 Å². The van der Waals surface area contributed by atoms with Crippen molar-refractivity contribution in [3.05, 3.63) is 71.6 Å². The van der Waals surface area contributed by atoms with Gasteiger partial charge in [-0.3, -0.25) is 20.4 Å². The number of benzene rings is 2. The minimum atomic E-state index is -3.97. The van der Waals surface area contributed by atoms with E-state index in [1.54, 1.807) is 19.2 Å². The van der Waals surface area contributed by atoms with Crippen LogP contribution in [0.1, 0.15) is 62.3 Å². The Bertz CT molecular complexity index is 2260. The topological polar surface area (TPSA) is 219 Å². The monoisotopic (exact) mass is 791 g/mol. The van der Waals surface area contributed by atoms with Crippen LogP contribution >= 0.6 is 0 Å². The number of nitrogens with zero attached hydrogens (tertiary/aromatic N) is 6. The molecule has 7 N–H and O–H groups in total. The van der Waals surface area contributed by atoms with Crippen molar-refractivity contribution in [2.45, 2.75) is 56.4 Å². The van der Waals surface area contributed by atoms with Gasteiger partial charge in [-0.05, 0) is 94.7 Å². The lowest BCUT2D eigenvalue weighted by Crippen LogP contribution is -2.52. The highest BCUT2D eigenvalue weighted by Crippen LogP contribution is 2.35. The summed E-state index contributed by atoms with van der Waals surface area (Å²) in [4.78, 5) is 36.3. The molecule has 2 aliphatic heterocycles. The summed E-state index contributed by atoms with van der Waals surface area (Å²) in [5, 5.41) is 20.1. The van der Waals surface area contributed by atoms with E-state index in [1.807, 2.05) is 26.0 Å². The second-order valence-corrected chi connectivity index (χ2v) is 16.0. The Labute approximate surface area is 324 Å². The molecular weight excluding hydrogens is 744 g/mol. The summed E-state index contributed by atoms with van der Waals surface area (Å²) in [6.07, 6.45) is 6.69. The van der Waals surface area contributed by atoms with E-state index in [0.29, 0.717) is 35.6 Å². The first-order valence-electron chi connectivity index (χ1n) is 18.4. The number of aromatic nitrogens is 4. The van der Waals surface area contributed by atoms with Crippen molar-refractivity contribution in [3.63, 3.8) is 0 Å². The molecule has 2 saturated heterocycles. The Morgan fingerprint density at radius 2 is 1.98 bits per heavy atom. The van der Waals surface area contributed by atoms with Crippen LogP contribution in [0.25, 0.3) is 11.7 Å². The normalized spacial score (nSPS) is 15.9. The highest BCUT2D eigenvalue weighted by molar-refractivity contribution is 7.89. The number of halogens is 1. The first kappa shape index (κ1) is 40.0. The summed E-state index contributed by atoms with van der Waals surface area (Å²) in [5.74, 6) is -0.288. The number of carbonyl (C=O) groups is 2. The Morgan fingerprint density at radius 3 is 2.66 bits per heavy atom. The number of amidine groups is 1. The van der Waals surface area contributed by atoms with E-state index in [-0.39, 0.29) is 59.8 Å². The van der Waals surface area contributed by atoms with Crippen molar-refractivity contribution >= 4 is 56.8 Å². The predicted molar refractivity (Wildman–Crippen MR) is 209 cm³/mol. The number of nitrogens with one attached hydrogen (secondary N) is 5. The highest BCUT2D eigenvalue weighted by Gasteiger charge is 2.31. The number of ether oxygens (including phenoxy) is 1. The summed E-state index contributed by atoms with van der Waals surface area (Å²) in [7, 11) is -0.683. The van der Waals surface area contributed by atoms with Gasteiger partial charge in [-0.15, -0.1) is 9.50 Å². The third-order valence-electron chi connectivity index (χ3n) is 9.83. The predicted octanol–water partition coefficient (Wildman–Crippen LogP) is 3.34. The third kappa shape index (κ3) is 8.58. The summed E-state index contributed by atoms with van der Waals surface area (Å²) in [6.45, 7) is 6.43. The van der Waals surface area contributed by atoms with Crippen LogP contribution in [0.3, 0.4) is 0 Å². The van der Waals surface area contributed by atoms with Gasteiger partial charge < -0.3 is 26.0 Å². The Hall–Kier alpha value is -5.66. The molecule has 0 unspecified atom stereocenters. The summed E-state index contributed by atoms with van der Waals surface area (Å²) < 4.78 is 50.9. The van der Waals surface area contributed by atoms with Crippen molar-refractivity contribution in [1.29, 1.82) is 5.41 Å². The van der Waals surface area contributed by atoms with Crippen molar-refractivity contribution in [1.82, 2.24) is 34.5 Å². The quantitative estimate of drug-likeness (QED) is 0.0618. The number of imide groups is 1. The maximum absolute atomic E-state index is 15.4. The highest BCUT2D eigenvalue weighted by atomic mass is 32.2. The number of carbonyl (C=O) groups excluding carboxylic acids is 2. The zero-order chi connectivity index (χ0) is 40.1. The molecule has 0 saturated carbocycles. The van der Waals surface area contributed by atoms with E-state index in [0.717, 1.165) is 43.2 Å². The first-order chi connectivity index (χ1) is 26.8. The Morgan fingerprint density at radius 1 is 1.21 bits per heavy atom. The van der Waals surface area contributed by atoms with Crippen molar-refractivity contribution in [2.75, 3.05) is 57.5 Å². The van der Waals surface area contributed by atoms with Gasteiger partial charge in [0.25, 0.3) is 0 Å². The first-order valence-corrected chi connectivity index (χ1v) is 19.9. The molecular formula is C37H48FN12O5S+. The van der Waals surface area contributed by atoms with E-state index < -0.39 is 21.9 Å². The molecule has 19 heteroatoms. The molecule has 2 aromatic carbocycles. The Balaban J connectivity index is 1.03. The minimum Gasteiger partial charge on any atom is -0.482 e. The number of nitrogens with two attached hydrogens (primary N) is 1. The number of anilines is 3. The number of H-pyrrole nitrogens is 1. The second-order valence-electron chi connectivity index (χ2n) is 13.9. The van der Waals surface area contributed by atoms with E-state index in [2.05, 4.69) is 35.9 Å². The van der Waals surface area contributed by atoms with Crippen molar-refractivity contribution < 1.29 is 31.6 Å². The van der Waals surface area contributed by atoms with Gasteiger partial charge in [0.1, 0.15) is 11.7 Å². The van der Waals surface area contributed by atoms with Gasteiger partial charge in [-0.1, -0.05) is 17.1 Å². The fourth-order valence-corrected chi connectivity index (χ4v) is 8.20. The fraction of sp³-hybridized carbons (Fsp3) is 0.405. The average molecular weight is 792 g/mol. The average Bonchev–Trinajstić information content (AvgIpc) is 3.59. The number of rotatable bonds is 14. The zero-order valence-electron chi connectivity index (χ0n) is 31.8. The van der Waals surface area contributed by atoms with Gasteiger partial charge >= 0.3 is 17.6 Å². The number of para-hydroxylation sites is 1. The maximum Gasteiger partial charge on any atom is 0.335 e. The van der Waals surface area contributed by atoms with E-state index in [9.17, 15) is 18.0 Å². The molecule has 3 amide bonds. The molecule has 0 spiro atoms. The van der Waals surface area contributed by atoms with E-state index >= 15 is 4.39 Å². The van der Waals surface area contributed by atoms with Crippen LogP contribution in [-0.4, -0.2) is 108 Å². The number of likely N-dealkylation sites (tertiary alicyclic amines) is 1. The zero-order valence-corrected chi connectivity index (χ0v) is 32.6. The largest absolute Gasteiger partial charge is 0.482 e. The fourth-order valence-electron chi connectivity index (χ4n) is 6.98. The van der Waals surface area contributed by atoms with Gasteiger partial charge in [0, 0.05) is 50.9 Å². The molecule has 4 heterocycles. The van der Waals surface area contributed by atoms with Gasteiger partial charge in [-0.2, -0.15) is 5.10 Å². The van der Waals surface area contributed by atoms with Gasteiger partial charge in [-0.25, -0.2) is 21.9 Å². The number of hydrogen-bond acceptors (Lipinski definition) is 12. The number of hydrogen-bond donors (Lipinski definition) is 6. The van der Waals surface area contributed by atoms with Crippen LogP contribution in [0, 0.1) is 11.2 Å². The molecule has 56 heavy (non-hydrogen) atoms. The van der Waals surface area contributed by atoms with Crippen LogP contribution < -0.4 is 30.9 Å². The number of sulfonamides is 1. The molecule has 4 aromatic rings. The van der Waals surface area contributed by atoms with Crippen LogP contribution in [0.15, 0.2) is 53.8 Å². The summed E-state index contributed by atoms with van der Waals surface area (Å²) in [6, 6.07) is 8.84. The molecule has 2 fully saturated rings. The molecule has 0 atom stereocenters. The minimum absolute atomic E-state index is 0.0231. The van der Waals surface area contributed by atoms with Crippen LogP contribution in [0.2, 0.25) is 0 Å². The number of piperidine rings is 1. The SMILES string of the molecule is CNc1c(C(=N)N2CCC(=O)NC2=O)cccc1C1CCN(CCCN(C)S(=O)(=O)c2ccc(Nc3nc4c(OC(C)C)c(/C=C/N)nc[n+]4[nH]3)c(F)c2)CC1. The number of aromatic amines is 1. The maximum atomic E-state index is 15.4. The number of fused-ring (bicyclic) bond motifs is 1. The number of urea groups is 1. The van der Waals surface area contributed by atoms with Crippen LogP contribution in [0.5, 0.6) is 5.75 Å². The smallest absolute Gasteiger partial charge is 0.335 e. The molecule has 0 aliphatic carbocycles. The van der Waals surface area contributed by atoms with Crippen LogP contribution in [-0.2, 0) is 14.8 Å². The lowest BCUT2D eigenvalue weighted by molar-refractivity contribution is -0.580. The lowest BCUT2D eigenvalue weighted by Gasteiger charge is -2.34. The summed E-state index contributed by atoms with van der Waals surface area (Å²) >= 11 is 0. The standard InChI is InChI=1S/C37H47FN12O5S/c1-23(2)55-33-30(11-15-39)42-22-50-35(33)45-36(46-50)43-29-10-9-25(21-28(29)38)56(53,54)47(4)16-6-17-48-18-12-24(13-19-48)26-7-5-8-27(32(26)41-3)34(40)49-20-14-31(51)44-37(49)52/h5,7-11,15,21-24H,6,12-14,16-20H2,1-4H3,(H6,39,40,41,43,44,45,46,51,52)/p+1. The molecule has 17 nitrogen and oxygen atoms in total. The third-order valence-corrected chi connectivity index (χ3v) is 11.7. The van der Waals surface area contributed by atoms with E-state index in [1.165, 1.54) is 45.4 Å². The lowest BCUT2D eigenvalue weighted by atomic mass is 9.86. The van der Waals surface area contributed by atoms with Gasteiger partial charge in [0.2, 0.25) is 28.0 Å². The molecule has 2 aromatic heterocycles. The number of amides is 3. The molecule has 6 rings (SSSR count). The molecule has 2 aliphatic rings. The van der Waals surface area contributed by atoms with Crippen molar-refractivity contribution in [3.8, 4) is 5.75 Å². The Kier molecular flexibility index (Phi) is 12.2. The second kappa shape index (κ2) is 17.0. The van der Waals surface area contributed by atoms with Gasteiger partial charge in [0.05, 0.1) is 16.7 Å². The van der Waals surface area contributed by atoms with Crippen molar-refractivity contribution in [2.24, 2.45) is 5.73 Å². The summed E-state index contributed by atoms with van der Waals surface area (Å²) in [5.41, 5.74) is 8.91. The molecule has 0 bridgehead atoms. The molecule has 0 radical (unpaired) electrons. The van der Waals surface area contributed by atoms with E-state index in [4.69, 9.17) is 15.9 Å². The molecule has 298 valence electrons. The van der Waals surface area contributed by atoms with Gasteiger partial charge in [0.15, 0.2) is 5.69 Å².